The fraction of sp³-hybridized carbons (Fsp3) is 0.400. The van der Waals surface area contributed by atoms with Crippen molar-refractivity contribution < 1.29 is 4.74 Å². The highest BCUT2D eigenvalue weighted by Gasteiger charge is 2.14. The molecule has 0 atom stereocenters. The SMILES string of the molecule is Cl.NCc1cccc(-c2cccc(OCC3CCCCC3)c2)c1. The van der Waals surface area contributed by atoms with Crippen molar-refractivity contribution in [2.24, 2.45) is 11.7 Å². The van der Waals surface area contributed by atoms with Crippen LogP contribution in [0.4, 0.5) is 0 Å². The van der Waals surface area contributed by atoms with Gasteiger partial charge in [0.15, 0.2) is 0 Å². The van der Waals surface area contributed by atoms with E-state index in [4.69, 9.17) is 10.5 Å². The summed E-state index contributed by atoms with van der Waals surface area (Å²) in [5.74, 6) is 1.71. The first kappa shape index (κ1) is 17.8. The maximum Gasteiger partial charge on any atom is 0.119 e. The average Bonchev–Trinajstić information content (AvgIpc) is 2.61. The molecule has 124 valence electrons. The molecule has 0 aromatic heterocycles. The van der Waals surface area contributed by atoms with Gasteiger partial charge in [-0.25, -0.2) is 0 Å². The summed E-state index contributed by atoms with van der Waals surface area (Å²) in [5.41, 5.74) is 9.28. The minimum Gasteiger partial charge on any atom is -0.493 e. The van der Waals surface area contributed by atoms with Crippen LogP contribution in [0.1, 0.15) is 37.7 Å². The molecule has 0 spiro atoms. The number of ether oxygens (including phenoxy) is 1. The number of rotatable bonds is 5. The molecule has 2 aromatic rings. The van der Waals surface area contributed by atoms with Gasteiger partial charge in [-0.05, 0) is 53.6 Å². The molecule has 0 saturated heterocycles. The Balaban J connectivity index is 0.00000192. The van der Waals surface area contributed by atoms with Crippen LogP contribution in [0.3, 0.4) is 0 Å². The molecular formula is C20H26ClNO. The summed E-state index contributed by atoms with van der Waals surface area (Å²) in [4.78, 5) is 0. The van der Waals surface area contributed by atoms with Gasteiger partial charge in [-0.3, -0.25) is 0 Å². The second-order valence-corrected chi connectivity index (χ2v) is 6.25. The summed E-state index contributed by atoms with van der Waals surface area (Å²) >= 11 is 0. The van der Waals surface area contributed by atoms with Gasteiger partial charge in [0.25, 0.3) is 0 Å². The zero-order chi connectivity index (χ0) is 15.2. The summed E-state index contributed by atoms with van der Waals surface area (Å²) in [5, 5.41) is 0. The lowest BCUT2D eigenvalue weighted by atomic mass is 9.90. The van der Waals surface area contributed by atoms with Crippen molar-refractivity contribution in [2.45, 2.75) is 38.6 Å². The van der Waals surface area contributed by atoms with Crippen LogP contribution in [0.5, 0.6) is 5.75 Å². The van der Waals surface area contributed by atoms with Crippen molar-refractivity contribution in [3.63, 3.8) is 0 Å². The molecule has 3 heteroatoms. The summed E-state index contributed by atoms with van der Waals surface area (Å²) < 4.78 is 6.04. The van der Waals surface area contributed by atoms with E-state index in [0.29, 0.717) is 6.54 Å². The smallest absolute Gasteiger partial charge is 0.119 e. The molecule has 0 aliphatic heterocycles. The van der Waals surface area contributed by atoms with E-state index >= 15 is 0 Å². The first-order valence-corrected chi connectivity index (χ1v) is 8.37. The Labute approximate surface area is 145 Å². The van der Waals surface area contributed by atoms with Crippen molar-refractivity contribution in [1.82, 2.24) is 0 Å². The van der Waals surface area contributed by atoms with Gasteiger partial charge in [0.1, 0.15) is 5.75 Å². The van der Waals surface area contributed by atoms with Crippen LogP contribution >= 0.6 is 12.4 Å². The summed E-state index contributed by atoms with van der Waals surface area (Å²) in [6.07, 6.45) is 6.75. The van der Waals surface area contributed by atoms with Crippen molar-refractivity contribution in [3.05, 3.63) is 54.1 Å². The Kier molecular flexibility index (Phi) is 6.94. The van der Waals surface area contributed by atoms with E-state index in [1.54, 1.807) is 0 Å². The predicted molar refractivity (Wildman–Crippen MR) is 99.1 cm³/mol. The highest BCUT2D eigenvalue weighted by molar-refractivity contribution is 5.85. The predicted octanol–water partition coefficient (Wildman–Crippen LogP) is 5.19. The standard InChI is InChI=1S/C20H25NO.ClH/c21-14-17-8-4-9-18(12-17)19-10-5-11-20(13-19)22-15-16-6-2-1-3-7-16;/h4-5,8-13,16H,1-3,6-7,14-15,21H2;1H. The van der Waals surface area contributed by atoms with Gasteiger partial charge in [0.05, 0.1) is 6.61 Å². The fourth-order valence-electron chi connectivity index (χ4n) is 3.21. The molecule has 2 nitrogen and oxygen atoms in total. The van der Waals surface area contributed by atoms with Gasteiger partial charge in [0, 0.05) is 6.54 Å². The van der Waals surface area contributed by atoms with Crippen LogP contribution in [0.15, 0.2) is 48.5 Å². The molecule has 1 aliphatic carbocycles. The third-order valence-corrected chi connectivity index (χ3v) is 4.54. The number of nitrogens with two attached hydrogens (primary N) is 1. The van der Waals surface area contributed by atoms with Gasteiger partial charge < -0.3 is 10.5 Å². The Morgan fingerprint density at radius 3 is 2.35 bits per heavy atom. The zero-order valence-corrected chi connectivity index (χ0v) is 14.4. The van der Waals surface area contributed by atoms with Crippen LogP contribution < -0.4 is 10.5 Å². The summed E-state index contributed by atoms with van der Waals surface area (Å²) in [7, 11) is 0. The molecule has 2 N–H and O–H groups in total. The molecule has 23 heavy (non-hydrogen) atoms. The largest absolute Gasteiger partial charge is 0.493 e. The molecular weight excluding hydrogens is 306 g/mol. The first-order valence-electron chi connectivity index (χ1n) is 8.37. The molecule has 0 unspecified atom stereocenters. The molecule has 2 aromatic carbocycles. The molecule has 1 fully saturated rings. The van der Waals surface area contributed by atoms with E-state index in [-0.39, 0.29) is 12.4 Å². The van der Waals surface area contributed by atoms with Crippen molar-refractivity contribution >= 4 is 12.4 Å². The van der Waals surface area contributed by atoms with E-state index in [1.165, 1.54) is 43.2 Å². The lowest BCUT2D eigenvalue weighted by Crippen LogP contribution is -2.15. The highest BCUT2D eigenvalue weighted by Crippen LogP contribution is 2.27. The first-order chi connectivity index (χ1) is 10.8. The minimum absolute atomic E-state index is 0. The van der Waals surface area contributed by atoms with Gasteiger partial charge >= 0.3 is 0 Å². The van der Waals surface area contributed by atoms with Gasteiger partial charge in [-0.15, -0.1) is 12.4 Å². The van der Waals surface area contributed by atoms with Crippen molar-refractivity contribution in [1.29, 1.82) is 0 Å². The molecule has 3 rings (SSSR count). The summed E-state index contributed by atoms with van der Waals surface area (Å²) in [6.45, 7) is 1.43. The molecule has 1 aliphatic rings. The topological polar surface area (TPSA) is 35.2 Å². The quantitative estimate of drug-likeness (QED) is 0.818. The Morgan fingerprint density at radius 1 is 0.913 bits per heavy atom. The van der Waals surface area contributed by atoms with E-state index < -0.39 is 0 Å². The third-order valence-electron chi connectivity index (χ3n) is 4.54. The molecule has 0 heterocycles. The van der Waals surface area contributed by atoms with E-state index in [9.17, 15) is 0 Å². The zero-order valence-electron chi connectivity index (χ0n) is 13.5. The lowest BCUT2D eigenvalue weighted by Gasteiger charge is -2.21. The Bertz CT molecular complexity index is 608. The van der Waals surface area contributed by atoms with Crippen LogP contribution in [0.2, 0.25) is 0 Å². The average molecular weight is 332 g/mol. The minimum atomic E-state index is 0. The van der Waals surface area contributed by atoms with Crippen molar-refractivity contribution in [3.8, 4) is 16.9 Å². The van der Waals surface area contributed by atoms with Crippen LogP contribution in [0.25, 0.3) is 11.1 Å². The second-order valence-electron chi connectivity index (χ2n) is 6.25. The van der Waals surface area contributed by atoms with Gasteiger partial charge in [-0.1, -0.05) is 49.6 Å². The van der Waals surface area contributed by atoms with E-state index in [0.717, 1.165) is 23.8 Å². The number of hydrogen-bond acceptors (Lipinski definition) is 2. The van der Waals surface area contributed by atoms with Crippen molar-refractivity contribution in [2.75, 3.05) is 6.61 Å². The third kappa shape index (κ3) is 4.98. The maximum atomic E-state index is 6.04. The fourth-order valence-corrected chi connectivity index (χ4v) is 3.21. The van der Waals surface area contributed by atoms with Crippen LogP contribution in [-0.2, 0) is 6.54 Å². The second kappa shape index (κ2) is 8.95. The Morgan fingerprint density at radius 2 is 1.61 bits per heavy atom. The number of hydrogen-bond donors (Lipinski definition) is 1. The Hall–Kier alpha value is -1.51. The monoisotopic (exact) mass is 331 g/mol. The van der Waals surface area contributed by atoms with Crippen LogP contribution in [-0.4, -0.2) is 6.61 Å². The van der Waals surface area contributed by atoms with E-state index in [1.807, 2.05) is 0 Å². The maximum absolute atomic E-state index is 6.04. The van der Waals surface area contributed by atoms with Crippen LogP contribution in [0, 0.1) is 5.92 Å². The normalized spacial score (nSPS) is 15.0. The highest BCUT2D eigenvalue weighted by atomic mass is 35.5. The summed E-state index contributed by atoms with van der Waals surface area (Å²) in [6, 6.07) is 16.8. The lowest BCUT2D eigenvalue weighted by molar-refractivity contribution is 0.209. The molecule has 0 bridgehead atoms. The number of benzene rings is 2. The molecule has 1 saturated carbocycles. The number of halogens is 1. The van der Waals surface area contributed by atoms with Gasteiger partial charge in [0.2, 0.25) is 0 Å². The van der Waals surface area contributed by atoms with Gasteiger partial charge in [-0.2, -0.15) is 0 Å². The van der Waals surface area contributed by atoms with E-state index in [2.05, 4.69) is 48.5 Å². The molecule has 0 radical (unpaired) electrons. The molecule has 0 amide bonds.